The van der Waals surface area contributed by atoms with Crippen LogP contribution in [0.5, 0.6) is 23.0 Å². The predicted octanol–water partition coefficient (Wildman–Crippen LogP) is 4.76. The highest BCUT2D eigenvalue weighted by atomic mass is 16.7. The zero-order valence-corrected chi connectivity index (χ0v) is 19.0. The highest BCUT2D eigenvalue weighted by Crippen LogP contribution is 2.36. The maximum atomic E-state index is 6.42. The van der Waals surface area contributed by atoms with Crippen molar-refractivity contribution in [1.29, 1.82) is 0 Å². The summed E-state index contributed by atoms with van der Waals surface area (Å²) in [6.07, 6.45) is 0.831. The summed E-state index contributed by atoms with van der Waals surface area (Å²) in [5, 5.41) is 0. The topological polar surface area (TPSA) is 43.4 Å². The first-order valence-electron chi connectivity index (χ1n) is 11.5. The van der Waals surface area contributed by atoms with E-state index in [0.29, 0.717) is 0 Å². The zero-order valence-electron chi connectivity index (χ0n) is 19.0. The lowest BCUT2D eigenvalue weighted by atomic mass is 10.0. The molecule has 5 rings (SSSR count). The molecule has 2 aliphatic rings. The molecule has 0 saturated carbocycles. The fraction of sp³-hybridized carbons (Fsp3) is 0.333. The van der Waals surface area contributed by atoms with Crippen LogP contribution in [0.3, 0.4) is 0 Å². The van der Waals surface area contributed by atoms with E-state index in [1.54, 1.807) is 7.11 Å². The number of ether oxygens (including phenoxy) is 4. The maximum Gasteiger partial charge on any atom is 0.231 e. The number of anilines is 1. The number of para-hydroxylation sites is 3. The second kappa shape index (κ2) is 10.0. The van der Waals surface area contributed by atoms with Crippen molar-refractivity contribution in [2.45, 2.75) is 12.5 Å². The van der Waals surface area contributed by atoms with Crippen LogP contribution in [0.4, 0.5) is 5.69 Å². The van der Waals surface area contributed by atoms with Crippen LogP contribution in [0, 0.1) is 0 Å². The van der Waals surface area contributed by atoms with Gasteiger partial charge in [0.05, 0.1) is 12.8 Å². The van der Waals surface area contributed by atoms with Crippen molar-refractivity contribution >= 4 is 5.69 Å². The largest absolute Gasteiger partial charge is 0.495 e. The van der Waals surface area contributed by atoms with Crippen LogP contribution in [0.1, 0.15) is 18.1 Å². The molecular formula is C27H30N2O4. The van der Waals surface area contributed by atoms with Crippen molar-refractivity contribution in [1.82, 2.24) is 4.90 Å². The summed E-state index contributed by atoms with van der Waals surface area (Å²) in [5.74, 6) is 3.40. The highest BCUT2D eigenvalue weighted by molar-refractivity contribution is 5.58. The number of piperazine rings is 1. The van der Waals surface area contributed by atoms with Crippen LogP contribution in [-0.4, -0.2) is 51.5 Å². The molecule has 2 aliphatic heterocycles. The summed E-state index contributed by atoms with van der Waals surface area (Å²) in [6.45, 7) is 5.23. The summed E-state index contributed by atoms with van der Waals surface area (Å²) in [4.78, 5) is 4.92. The molecule has 0 amide bonds. The van der Waals surface area contributed by atoms with Gasteiger partial charge in [-0.1, -0.05) is 36.4 Å². The first-order valence-corrected chi connectivity index (χ1v) is 11.5. The molecule has 172 valence electrons. The van der Waals surface area contributed by atoms with Crippen LogP contribution in [0.15, 0.2) is 72.8 Å². The molecule has 0 radical (unpaired) electrons. The Balaban J connectivity index is 1.23. The third kappa shape index (κ3) is 5.01. The Morgan fingerprint density at radius 1 is 0.848 bits per heavy atom. The van der Waals surface area contributed by atoms with Gasteiger partial charge in [-0.05, 0) is 42.0 Å². The van der Waals surface area contributed by atoms with Crippen molar-refractivity contribution in [2.75, 3.05) is 51.5 Å². The Hall–Kier alpha value is -3.38. The van der Waals surface area contributed by atoms with Crippen LogP contribution in [0.2, 0.25) is 0 Å². The SMILES string of the molecule is COc1ccccc1N1CCN(CCC(Oc2ccccc2)c2ccc3c(c2)OCO3)CC1. The molecule has 0 aliphatic carbocycles. The van der Waals surface area contributed by atoms with Gasteiger partial charge in [0.2, 0.25) is 6.79 Å². The number of methoxy groups -OCH3 is 1. The monoisotopic (exact) mass is 446 g/mol. The lowest BCUT2D eigenvalue weighted by Gasteiger charge is -2.37. The summed E-state index contributed by atoms with van der Waals surface area (Å²) in [6, 6.07) is 24.4. The molecule has 0 aromatic heterocycles. The van der Waals surface area contributed by atoms with Gasteiger partial charge in [0.15, 0.2) is 11.5 Å². The number of hydrogen-bond acceptors (Lipinski definition) is 6. The summed E-state index contributed by atoms with van der Waals surface area (Å²) in [7, 11) is 1.73. The smallest absolute Gasteiger partial charge is 0.231 e. The van der Waals surface area contributed by atoms with Crippen molar-refractivity contribution < 1.29 is 18.9 Å². The average Bonchev–Trinajstić information content (AvgIpc) is 3.35. The molecule has 6 heteroatoms. The molecule has 3 aromatic carbocycles. The van der Waals surface area contributed by atoms with Gasteiger partial charge < -0.3 is 23.8 Å². The number of rotatable bonds is 8. The van der Waals surface area contributed by atoms with Crippen molar-refractivity contribution in [3.05, 3.63) is 78.4 Å². The van der Waals surface area contributed by atoms with Gasteiger partial charge in [-0.25, -0.2) is 0 Å². The normalized spacial score (nSPS) is 16.5. The van der Waals surface area contributed by atoms with E-state index in [9.17, 15) is 0 Å². The summed E-state index contributed by atoms with van der Waals surface area (Å²) >= 11 is 0. The van der Waals surface area contributed by atoms with E-state index in [-0.39, 0.29) is 12.9 Å². The van der Waals surface area contributed by atoms with Gasteiger partial charge in [0.25, 0.3) is 0 Å². The van der Waals surface area contributed by atoms with Gasteiger partial charge in [0.1, 0.15) is 17.6 Å². The van der Waals surface area contributed by atoms with Crippen molar-refractivity contribution in [3.63, 3.8) is 0 Å². The zero-order chi connectivity index (χ0) is 22.5. The van der Waals surface area contributed by atoms with E-state index in [1.165, 1.54) is 5.69 Å². The highest BCUT2D eigenvalue weighted by Gasteiger charge is 2.23. The Morgan fingerprint density at radius 2 is 1.61 bits per heavy atom. The van der Waals surface area contributed by atoms with Crippen LogP contribution < -0.4 is 23.8 Å². The van der Waals surface area contributed by atoms with Gasteiger partial charge in [-0.2, -0.15) is 0 Å². The van der Waals surface area contributed by atoms with E-state index in [1.807, 2.05) is 48.5 Å². The van der Waals surface area contributed by atoms with E-state index in [4.69, 9.17) is 18.9 Å². The van der Waals surface area contributed by atoms with Crippen molar-refractivity contribution in [3.8, 4) is 23.0 Å². The summed E-state index contributed by atoms with van der Waals surface area (Å²) in [5.41, 5.74) is 2.28. The Kier molecular flexibility index (Phi) is 6.53. The second-order valence-corrected chi connectivity index (χ2v) is 8.32. The van der Waals surface area contributed by atoms with Crippen LogP contribution >= 0.6 is 0 Å². The molecule has 1 atom stereocenters. The van der Waals surface area contributed by atoms with Crippen molar-refractivity contribution in [2.24, 2.45) is 0 Å². The molecule has 0 bridgehead atoms. The third-order valence-electron chi connectivity index (χ3n) is 6.30. The maximum absolute atomic E-state index is 6.42. The Morgan fingerprint density at radius 3 is 2.42 bits per heavy atom. The molecule has 1 saturated heterocycles. The van der Waals surface area contributed by atoms with E-state index in [0.717, 1.165) is 67.7 Å². The average molecular weight is 447 g/mol. The number of nitrogens with zero attached hydrogens (tertiary/aromatic N) is 2. The van der Waals surface area contributed by atoms with Crippen LogP contribution in [0.25, 0.3) is 0 Å². The fourth-order valence-electron chi connectivity index (χ4n) is 4.47. The van der Waals surface area contributed by atoms with Crippen LogP contribution in [-0.2, 0) is 0 Å². The van der Waals surface area contributed by atoms with E-state index < -0.39 is 0 Å². The number of fused-ring (bicyclic) bond motifs is 1. The van der Waals surface area contributed by atoms with Gasteiger partial charge >= 0.3 is 0 Å². The number of benzene rings is 3. The third-order valence-corrected chi connectivity index (χ3v) is 6.30. The molecule has 3 aromatic rings. The quantitative estimate of drug-likeness (QED) is 0.497. The number of hydrogen-bond donors (Lipinski definition) is 0. The first-order chi connectivity index (χ1) is 16.3. The van der Waals surface area contributed by atoms with Gasteiger partial charge in [0, 0.05) is 39.1 Å². The molecule has 0 spiro atoms. The molecule has 0 N–H and O–H groups in total. The van der Waals surface area contributed by atoms with E-state index >= 15 is 0 Å². The standard InChI is InChI=1S/C27H30N2O4/c1-30-25-10-6-5-9-23(25)29-17-15-28(16-18-29)14-13-24(33-22-7-3-2-4-8-22)21-11-12-26-27(19-21)32-20-31-26/h2-12,19,24H,13-18,20H2,1H3. The van der Waals surface area contributed by atoms with E-state index in [2.05, 4.69) is 34.1 Å². The second-order valence-electron chi connectivity index (χ2n) is 8.32. The van der Waals surface area contributed by atoms with Gasteiger partial charge in [-0.3, -0.25) is 4.90 Å². The molecule has 1 unspecified atom stereocenters. The lowest BCUT2D eigenvalue weighted by molar-refractivity contribution is 0.159. The minimum atomic E-state index is -0.0610. The molecule has 33 heavy (non-hydrogen) atoms. The minimum Gasteiger partial charge on any atom is -0.495 e. The Labute approximate surface area is 195 Å². The predicted molar refractivity (Wildman–Crippen MR) is 129 cm³/mol. The summed E-state index contributed by atoms with van der Waals surface area (Å²) < 4.78 is 23.1. The molecule has 2 heterocycles. The molecule has 1 fully saturated rings. The Bertz CT molecular complexity index is 1050. The lowest BCUT2D eigenvalue weighted by Crippen LogP contribution is -2.47. The van der Waals surface area contributed by atoms with Gasteiger partial charge in [-0.15, -0.1) is 0 Å². The fourth-order valence-corrected chi connectivity index (χ4v) is 4.47. The first kappa shape index (κ1) is 21.5. The minimum absolute atomic E-state index is 0.0610. The molecule has 6 nitrogen and oxygen atoms in total. The molecular weight excluding hydrogens is 416 g/mol.